The molecule has 208 valence electrons. The highest BCUT2D eigenvalue weighted by molar-refractivity contribution is 6.01. The Morgan fingerprint density at radius 3 is 1.35 bits per heavy atom. The van der Waals surface area contributed by atoms with Crippen molar-refractivity contribution in [3.8, 4) is 34.0 Å². The van der Waals surface area contributed by atoms with Gasteiger partial charge in [0.05, 0.1) is 35.1 Å². The molecule has 0 radical (unpaired) electrons. The summed E-state index contributed by atoms with van der Waals surface area (Å²) in [6.45, 7) is 0. The Morgan fingerprint density at radius 2 is 0.884 bits per heavy atom. The molecule has 0 saturated heterocycles. The molecule has 0 saturated carbocycles. The van der Waals surface area contributed by atoms with Gasteiger partial charge >= 0.3 is 0 Å². The maximum absolute atomic E-state index is 6.24. The van der Waals surface area contributed by atoms with Crippen molar-refractivity contribution >= 4 is 47.3 Å². The first-order valence-electron chi connectivity index (χ1n) is 13.9. The first-order chi connectivity index (χ1) is 21.1. The summed E-state index contributed by atoms with van der Waals surface area (Å²) in [5.74, 6) is 2.18. The standard InChI is InChI=1S/C34H26N8O/c1-39-19-31(37-33(39)41-21-35-27-15-7-3-11-23(27)25-13-5-9-17-29(25)41)43-32-20-40(2)34(38-32)42-22-36-28-16-8-4-12-24(28)26-14-6-10-18-30(26)42/h3-22H,1-2H3. The number of ether oxygens (including phenoxy) is 1. The highest BCUT2D eigenvalue weighted by Crippen LogP contribution is 2.43. The zero-order valence-corrected chi connectivity index (χ0v) is 23.5. The minimum Gasteiger partial charge on any atom is -0.417 e. The van der Waals surface area contributed by atoms with Crippen molar-refractivity contribution in [1.29, 1.82) is 0 Å². The molecule has 0 unspecified atom stereocenters. The van der Waals surface area contributed by atoms with Gasteiger partial charge in [0, 0.05) is 36.3 Å². The van der Waals surface area contributed by atoms with Crippen LogP contribution < -0.4 is 14.5 Å². The molecule has 8 rings (SSSR count). The number of rotatable bonds is 4. The fraction of sp³-hybridized carbons (Fsp3) is 0.0588. The summed E-state index contributed by atoms with van der Waals surface area (Å²) < 4.78 is 10.1. The third kappa shape index (κ3) is 4.17. The zero-order valence-electron chi connectivity index (χ0n) is 23.5. The van der Waals surface area contributed by atoms with Crippen LogP contribution in [0.15, 0.2) is 119 Å². The average Bonchev–Trinajstić information content (AvgIpc) is 3.46. The van der Waals surface area contributed by atoms with Crippen LogP contribution in [0.2, 0.25) is 0 Å². The van der Waals surface area contributed by atoms with E-state index in [4.69, 9.17) is 24.7 Å². The second-order valence-corrected chi connectivity index (χ2v) is 10.4. The SMILES string of the molecule is Cn1cc(Oc2cn(C)c(N3C=Nc4ccccc4-c4ccccc43)n2)nc1N1C=Nc2ccccc2-c2ccccc21. The van der Waals surface area contributed by atoms with Gasteiger partial charge < -0.3 is 13.9 Å². The highest BCUT2D eigenvalue weighted by atomic mass is 16.5. The molecular formula is C34H26N8O. The summed E-state index contributed by atoms with van der Waals surface area (Å²) in [5.41, 5.74) is 8.09. The van der Waals surface area contributed by atoms with Crippen molar-refractivity contribution in [3.63, 3.8) is 0 Å². The normalized spacial score (nSPS) is 13.1. The Kier molecular flexibility index (Phi) is 5.68. The summed E-state index contributed by atoms with van der Waals surface area (Å²) in [4.78, 5) is 23.2. The molecule has 4 aromatic carbocycles. The molecule has 9 nitrogen and oxygen atoms in total. The second kappa shape index (κ2) is 9.85. The van der Waals surface area contributed by atoms with Crippen LogP contribution in [0.1, 0.15) is 0 Å². The molecule has 0 aliphatic carbocycles. The molecule has 4 heterocycles. The van der Waals surface area contributed by atoms with E-state index >= 15 is 0 Å². The minimum atomic E-state index is 0.423. The number of nitrogens with zero attached hydrogens (tertiary/aromatic N) is 8. The fourth-order valence-corrected chi connectivity index (χ4v) is 5.65. The monoisotopic (exact) mass is 562 g/mol. The lowest BCUT2D eigenvalue weighted by Gasteiger charge is -2.20. The van der Waals surface area contributed by atoms with Crippen molar-refractivity contribution in [2.75, 3.05) is 9.80 Å². The van der Waals surface area contributed by atoms with Crippen LogP contribution >= 0.6 is 0 Å². The van der Waals surface area contributed by atoms with E-state index < -0.39 is 0 Å². The Hall–Kier alpha value is -5.96. The van der Waals surface area contributed by atoms with Crippen molar-refractivity contribution in [3.05, 3.63) is 109 Å². The van der Waals surface area contributed by atoms with E-state index in [9.17, 15) is 0 Å². The highest BCUT2D eigenvalue weighted by Gasteiger charge is 2.24. The maximum atomic E-state index is 6.24. The number of hydrogen-bond donors (Lipinski definition) is 0. The number of aliphatic imine (C=N–C) groups is 2. The van der Waals surface area contributed by atoms with Crippen molar-refractivity contribution in [1.82, 2.24) is 19.1 Å². The van der Waals surface area contributed by atoms with Gasteiger partial charge in [-0.3, -0.25) is 9.80 Å². The van der Waals surface area contributed by atoms with Crippen molar-refractivity contribution in [2.24, 2.45) is 24.1 Å². The quantitative estimate of drug-likeness (QED) is 0.218. The molecule has 0 atom stereocenters. The first-order valence-corrected chi connectivity index (χ1v) is 13.9. The lowest BCUT2D eigenvalue weighted by Crippen LogP contribution is -2.18. The van der Waals surface area contributed by atoms with Gasteiger partial charge in [-0.1, -0.05) is 72.8 Å². The van der Waals surface area contributed by atoms with Crippen LogP contribution in [0.5, 0.6) is 11.8 Å². The fourth-order valence-electron chi connectivity index (χ4n) is 5.65. The Bertz CT molecular complexity index is 1920. The number of para-hydroxylation sites is 4. The van der Waals surface area contributed by atoms with Crippen molar-refractivity contribution in [2.45, 2.75) is 0 Å². The van der Waals surface area contributed by atoms with Gasteiger partial charge in [0.2, 0.25) is 23.7 Å². The van der Waals surface area contributed by atoms with Gasteiger partial charge in [-0.05, 0) is 24.3 Å². The minimum absolute atomic E-state index is 0.423. The number of aromatic nitrogens is 4. The van der Waals surface area contributed by atoms with Crippen LogP contribution in [-0.4, -0.2) is 31.8 Å². The average molecular weight is 563 g/mol. The molecule has 2 aromatic heterocycles. The smallest absolute Gasteiger partial charge is 0.241 e. The first kappa shape index (κ1) is 24.8. The van der Waals surface area contributed by atoms with Gasteiger partial charge in [0.25, 0.3) is 0 Å². The maximum Gasteiger partial charge on any atom is 0.241 e. The zero-order chi connectivity index (χ0) is 28.9. The molecule has 0 bridgehead atoms. The largest absolute Gasteiger partial charge is 0.417 e. The third-order valence-corrected chi connectivity index (χ3v) is 7.64. The van der Waals surface area contributed by atoms with Gasteiger partial charge in [-0.25, -0.2) is 9.98 Å². The lowest BCUT2D eigenvalue weighted by molar-refractivity contribution is 0.449. The summed E-state index contributed by atoms with van der Waals surface area (Å²) in [6, 6.07) is 32.7. The predicted molar refractivity (Wildman–Crippen MR) is 171 cm³/mol. The number of hydrogen-bond acceptors (Lipinski definition) is 7. The molecule has 0 N–H and O–H groups in total. The van der Waals surface area contributed by atoms with Crippen LogP contribution in [-0.2, 0) is 14.1 Å². The number of aryl methyl sites for hydroxylation is 2. The van der Waals surface area contributed by atoms with Gasteiger partial charge in [-0.2, -0.15) is 9.97 Å². The van der Waals surface area contributed by atoms with Gasteiger partial charge in [0.15, 0.2) is 0 Å². The van der Waals surface area contributed by atoms with E-state index in [-0.39, 0.29) is 0 Å². The summed E-state index contributed by atoms with van der Waals surface area (Å²) in [5, 5.41) is 0. The number of anilines is 4. The predicted octanol–water partition coefficient (Wildman–Crippen LogP) is 7.90. The van der Waals surface area contributed by atoms with E-state index in [1.165, 1.54) is 0 Å². The Labute approximate surface area is 248 Å². The Morgan fingerprint density at radius 1 is 0.488 bits per heavy atom. The van der Waals surface area contributed by atoms with E-state index in [1.807, 2.05) is 119 Å². The summed E-state index contributed by atoms with van der Waals surface area (Å²) >= 11 is 0. The van der Waals surface area contributed by atoms with Crippen LogP contribution in [0.3, 0.4) is 0 Å². The van der Waals surface area contributed by atoms with E-state index in [0.717, 1.165) is 45.0 Å². The number of imidazole rings is 2. The summed E-state index contributed by atoms with van der Waals surface area (Å²) in [7, 11) is 3.88. The molecule has 43 heavy (non-hydrogen) atoms. The lowest BCUT2D eigenvalue weighted by atomic mass is 10.0. The molecule has 0 amide bonds. The van der Waals surface area contributed by atoms with E-state index in [2.05, 4.69) is 36.4 Å². The van der Waals surface area contributed by atoms with Crippen molar-refractivity contribution < 1.29 is 4.74 Å². The second-order valence-electron chi connectivity index (χ2n) is 10.4. The van der Waals surface area contributed by atoms with Crippen LogP contribution in [0.4, 0.5) is 34.6 Å². The molecule has 2 aliphatic rings. The molecule has 0 fully saturated rings. The molecule has 0 spiro atoms. The molecular weight excluding hydrogens is 536 g/mol. The van der Waals surface area contributed by atoms with Crippen LogP contribution in [0.25, 0.3) is 22.3 Å². The Balaban J connectivity index is 1.13. The molecule has 9 heteroatoms. The molecule has 6 aromatic rings. The topological polar surface area (TPSA) is 76.1 Å². The number of fused-ring (bicyclic) bond motifs is 6. The van der Waals surface area contributed by atoms with E-state index in [1.54, 1.807) is 0 Å². The van der Waals surface area contributed by atoms with E-state index in [0.29, 0.717) is 23.7 Å². The summed E-state index contributed by atoms with van der Waals surface area (Å²) in [6.07, 6.45) is 7.31. The third-order valence-electron chi connectivity index (χ3n) is 7.64. The number of benzene rings is 4. The van der Waals surface area contributed by atoms with Crippen LogP contribution in [0, 0.1) is 0 Å². The van der Waals surface area contributed by atoms with Gasteiger partial charge in [-0.15, -0.1) is 0 Å². The van der Waals surface area contributed by atoms with Gasteiger partial charge in [0.1, 0.15) is 12.7 Å². The molecule has 2 aliphatic heterocycles.